The zero-order valence-corrected chi connectivity index (χ0v) is 12.0. The Labute approximate surface area is 122 Å². The number of amides is 2. The molecule has 0 aliphatic heterocycles. The zero-order chi connectivity index (χ0) is 15.2. The van der Waals surface area contributed by atoms with Crippen LogP contribution >= 0.6 is 0 Å². The number of carbonyl (C=O) groups is 1. The lowest BCUT2D eigenvalue weighted by Crippen LogP contribution is -2.37. The molecule has 0 bridgehead atoms. The van der Waals surface area contributed by atoms with Crippen LogP contribution in [0.4, 0.5) is 9.18 Å². The van der Waals surface area contributed by atoms with E-state index in [9.17, 15) is 9.18 Å². The predicted octanol–water partition coefficient (Wildman–Crippen LogP) is 3.25. The normalized spacial score (nSPS) is 12.0. The zero-order valence-electron chi connectivity index (χ0n) is 12.0. The van der Waals surface area contributed by atoms with Crippen molar-refractivity contribution in [2.45, 2.75) is 26.3 Å². The fraction of sp³-hybridized carbons (Fsp3) is 0.333. The highest BCUT2D eigenvalue weighted by Crippen LogP contribution is 2.23. The van der Waals surface area contributed by atoms with Gasteiger partial charge in [-0.15, -0.1) is 0 Å². The number of hydrogen-bond acceptors (Lipinski definition) is 3. The molecule has 2 N–H and O–H groups in total. The second-order valence-electron chi connectivity index (χ2n) is 4.69. The summed E-state index contributed by atoms with van der Waals surface area (Å²) >= 11 is 0. The fourth-order valence-electron chi connectivity index (χ4n) is 1.78. The summed E-state index contributed by atoms with van der Waals surface area (Å²) in [6.07, 6.45) is 2.43. The minimum absolute atomic E-state index is 0.258. The lowest BCUT2D eigenvalue weighted by molar-refractivity contribution is 0.236. The number of benzene rings is 1. The number of oxazole rings is 1. The van der Waals surface area contributed by atoms with Crippen molar-refractivity contribution < 1.29 is 13.6 Å². The summed E-state index contributed by atoms with van der Waals surface area (Å²) < 4.78 is 18.5. The second kappa shape index (κ2) is 6.88. The van der Waals surface area contributed by atoms with Crippen LogP contribution in [-0.2, 0) is 0 Å². The van der Waals surface area contributed by atoms with Crippen molar-refractivity contribution >= 4 is 6.03 Å². The van der Waals surface area contributed by atoms with Gasteiger partial charge in [0.05, 0.1) is 6.20 Å². The van der Waals surface area contributed by atoms with E-state index in [0.29, 0.717) is 18.2 Å². The van der Waals surface area contributed by atoms with Crippen molar-refractivity contribution in [1.29, 1.82) is 0 Å². The quantitative estimate of drug-likeness (QED) is 0.888. The molecule has 0 spiro atoms. The Balaban J connectivity index is 2.02. The predicted molar refractivity (Wildman–Crippen MR) is 77.1 cm³/mol. The Morgan fingerprint density at radius 1 is 1.38 bits per heavy atom. The molecule has 0 saturated heterocycles. The molecule has 1 atom stereocenters. The van der Waals surface area contributed by atoms with Crippen LogP contribution in [0, 0.1) is 5.82 Å². The molecule has 1 aromatic carbocycles. The molecule has 0 saturated carbocycles. The molecule has 1 unspecified atom stereocenters. The van der Waals surface area contributed by atoms with E-state index in [4.69, 9.17) is 4.42 Å². The summed E-state index contributed by atoms with van der Waals surface area (Å²) in [4.78, 5) is 15.7. The van der Waals surface area contributed by atoms with Gasteiger partial charge in [0.15, 0.2) is 5.76 Å². The van der Waals surface area contributed by atoms with Crippen LogP contribution < -0.4 is 10.6 Å². The third kappa shape index (κ3) is 4.05. The van der Waals surface area contributed by atoms with Crippen LogP contribution in [0.5, 0.6) is 0 Å². The first-order valence-electron chi connectivity index (χ1n) is 6.86. The van der Waals surface area contributed by atoms with Gasteiger partial charge in [-0.2, -0.15) is 0 Å². The van der Waals surface area contributed by atoms with Crippen LogP contribution in [0.25, 0.3) is 11.3 Å². The molecular formula is C15H18FN3O2. The number of urea groups is 1. The summed E-state index contributed by atoms with van der Waals surface area (Å²) in [7, 11) is 0. The van der Waals surface area contributed by atoms with Gasteiger partial charge in [0, 0.05) is 12.1 Å². The minimum atomic E-state index is -0.351. The molecule has 0 aliphatic carbocycles. The summed E-state index contributed by atoms with van der Waals surface area (Å²) in [5, 5.41) is 5.46. The van der Waals surface area contributed by atoms with Crippen LogP contribution in [0.2, 0.25) is 0 Å². The van der Waals surface area contributed by atoms with Crippen molar-refractivity contribution in [3.8, 4) is 11.3 Å². The van der Waals surface area contributed by atoms with Gasteiger partial charge in [0.1, 0.15) is 11.9 Å². The first kappa shape index (κ1) is 15.0. The maximum absolute atomic E-state index is 12.9. The Hall–Kier alpha value is -2.37. The summed E-state index contributed by atoms with van der Waals surface area (Å²) in [5.41, 5.74) is 0.734. The Morgan fingerprint density at radius 3 is 2.76 bits per heavy atom. The van der Waals surface area contributed by atoms with E-state index in [-0.39, 0.29) is 17.9 Å². The molecular weight excluding hydrogens is 273 g/mol. The highest BCUT2D eigenvalue weighted by atomic mass is 19.1. The van der Waals surface area contributed by atoms with Gasteiger partial charge in [-0.25, -0.2) is 14.2 Å². The van der Waals surface area contributed by atoms with E-state index in [2.05, 4.69) is 15.6 Å². The monoisotopic (exact) mass is 291 g/mol. The molecule has 2 amide bonds. The molecule has 21 heavy (non-hydrogen) atoms. The number of hydrogen-bond donors (Lipinski definition) is 2. The van der Waals surface area contributed by atoms with Crippen LogP contribution in [0.3, 0.4) is 0 Å². The molecule has 1 aromatic heterocycles. The number of nitrogens with one attached hydrogen (secondary N) is 2. The third-order valence-corrected chi connectivity index (χ3v) is 2.91. The molecule has 1 heterocycles. The molecule has 0 fully saturated rings. The average molecular weight is 291 g/mol. The van der Waals surface area contributed by atoms with Crippen molar-refractivity contribution in [1.82, 2.24) is 15.6 Å². The number of nitrogens with zero attached hydrogens (tertiary/aromatic N) is 1. The topological polar surface area (TPSA) is 67.2 Å². The van der Waals surface area contributed by atoms with Crippen molar-refractivity contribution in [2.24, 2.45) is 0 Å². The van der Waals surface area contributed by atoms with Gasteiger partial charge in [-0.1, -0.05) is 6.92 Å². The van der Waals surface area contributed by atoms with Crippen LogP contribution in [-0.4, -0.2) is 17.6 Å². The molecule has 2 rings (SSSR count). The first-order chi connectivity index (χ1) is 10.1. The minimum Gasteiger partial charge on any atom is -0.438 e. The van der Waals surface area contributed by atoms with E-state index in [1.807, 2.05) is 6.92 Å². The number of halogens is 1. The van der Waals surface area contributed by atoms with Crippen molar-refractivity contribution in [3.63, 3.8) is 0 Å². The lowest BCUT2D eigenvalue weighted by Gasteiger charge is -2.11. The summed E-state index contributed by atoms with van der Waals surface area (Å²) in [5.74, 6) is 0.634. The molecule has 0 radical (unpaired) electrons. The maximum atomic E-state index is 12.9. The SMILES string of the molecule is CCCNC(=O)NC(C)c1ncc(-c2ccc(F)cc2)o1. The van der Waals surface area contributed by atoms with E-state index in [0.717, 1.165) is 12.0 Å². The van der Waals surface area contributed by atoms with E-state index >= 15 is 0 Å². The van der Waals surface area contributed by atoms with E-state index in [1.165, 1.54) is 12.1 Å². The lowest BCUT2D eigenvalue weighted by atomic mass is 10.2. The highest BCUT2D eigenvalue weighted by Gasteiger charge is 2.15. The van der Waals surface area contributed by atoms with Crippen molar-refractivity contribution in [2.75, 3.05) is 6.54 Å². The van der Waals surface area contributed by atoms with Gasteiger partial charge in [-0.05, 0) is 37.6 Å². The Bertz CT molecular complexity index is 595. The van der Waals surface area contributed by atoms with Gasteiger partial charge in [-0.3, -0.25) is 0 Å². The number of aromatic nitrogens is 1. The summed E-state index contributed by atoms with van der Waals surface area (Å²) in [6.45, 7) is 4.38. The van der Waals surface area contributed by atoms with Gasteiger partial charge in [0.25, 0.3) is 0 Å². The average Bonchev–Trinajstić information content (AvgIpc) is 2.96. The van der Waals surface area contributed by atoms with Gasteiger partial charge >= 0.3 is 6.03 Å². The number of carbonyl (C=O) groups excluding carboxylic acids is 1. The fourth-order valence-corrected chi connectivity index (χ4v) is 1.78. The third-order valence-electron chi connectivity index (χ3n) is 2.91. The maximum Gasteiger partial charge on any atom is 0.315 e. The summed E-state index contributed by atoms with van der Waals surface area (Å²) in [6, 6.07) is 5.34. The highest BCUT2D eigenvalue weighted by molar-refractivity contribution is 5.74. The smallest absolute Gasteiger partial charge is 0.315 e. The number of rotatable bonds is 5. The molecule has 112 valence electrons. The van der Waals surface area contributed by atoms with Crippen LogP contribution in [0.1, 0.15) is 32.2 Å². The van der Waals surface area contributed by atoms with E-state index in [1.54, 1.807) is 25.3 Å². The molecule has 2 aromatic rings. The second-order valence-corrected chi connectivity index (χ2v) is 4.69. The van der Waals surface area contributed by atoms with Crippen LogP contribution in [0.15, 0.2) is 34.9 Å². The van der Waals surface area contributed by atoms with Gasteiger partial charge < -0.3 is 15.1 Å². The van der Waals surface area contributed by atoms with Gasteiger partial charge in [0.2, 0.25) is 5.89 Å². The Kier molecular flexibility index (Phi) is 4.92. The Morgan fingerprint density at radius 2 is 2.10 bits per heavy atom. The molecule has 6 heteroatoms. The van der Waals surface area contributed by atoms with E-state index < -0.39 is 0 Å². The standard InChI is InChI=1S/C15H18FN3O2/c1-3-8-17-15(20)19-10(2)14-18-9-13(21-14)11-4-6-12(16)7-5-11/h4-7,9-10H,3,8H2,1-2H3,(H2,17,19,20). The largest absolute Gasteiger partial charge is 0.438 e. The molecule has 0 aliphatic rings. The molecule has 5 nitrogen and oxygen atoms in total. The van der Waals surface area contributed by atoms with Crippen molar-refractivity contribution in [3.05, 3.63) is 42.2 Å². The first-order valence-corrected chi connectivity index (χ1v) is 6.86.